The second-order valence-electron chi connectivity index (χ2n) is 13.9. The van der Waals surface area contributed by atoms with Crippen LogP contribution in [0, 0.1) is 22.7 Å². The van der Waals surface area contributed by atoms with Gasteiger partial charge in [0.1, 0.15) is 11.6 Å². The highest BCUT2D eigenvalue weighted by Crippen LogP contribution is 2.48. The first-order chi connectivity index (χ1) is 28.8. The molecule has 0 amide bonds. The molecule has 0 fully saturated rings. The number of halogens is 15. The zero-order valence-electron chi connectivity index (χ0n) is 30.3. The van der Waals surface area contributed by atoms with E-state index >= 15 is 0 Å². The van der Waals surface area contributed by atoms with Crippen molar-refractivity contribution in [1.82, 2.24) is 9.13 Å². The van der Waals surface area contributed by atoms with Crippen LogP contribution in [-0.4, -0.2) is 9.13 Å². The van der Waals surface area contributed by atoms with Crippen molar-refractivity contribution in [3.8, 4) is 34.6 Å². The lowest BCUT2D eigenvalue weighted by Crippen LogP contribution is -2.12. The Morgan fingerprint density at radius 3 is 1.13 bits per heavy atom. The van der Waals surface area contributed by atoms with Gasteiger partial charge in [-0.15, -0.1) is 0 Å². The number of rotatable bonds is 3. The minimum Gasteiger partial charge on any atom is -0.308 e. The van der Waals surface area contributed by atoms with Crippen LogP contribution in [0.1, 0.15) is 38.9 Å². The van der Waals surface area contributed by atoms with E-state index in [1.54, 1.807) is 12.1 Å². The van der Waals surface area contributed by atoms with Gasteiger partial charge in [0.2, 0.25) is 0 Å². The summed E-state index contributed by atoms with van der Waals surface area (Å²) in [7, 11) is 0. The van der Waals surface area contributed by atoms with Crippen molar-refractivity contribution in [3.63, 3.8) is 0 Å². The van der Waals surface area contributed by atoms with E-state index in [2.05, 4.69) is 0 Å². The van der Waals surface area contributed by atoms with Crippen molar-refractivity contribution in [3.05, 3.63) is 142 Å². The molecule has 0 aliphatic heterocycles. The lowest BCUT2D eigenvalue weighted by molar-refractivity contribution is -0.138. The number of fused-ring (bicyclic) bond motifs is 6. The van der Waals surface area contributed by atoms with E-state index in [0.717, 1.165) is 53.1 Å². The van der Waals surface area contributed by atoms with Gasteiger partial charge in [-0.25, -0.2) is 0 Å². The fraction of sp³-hybridized carbons (Fsp3) is 0.116. The highest BCUT2D eigenvalue weighted by Gasteiger charge is 2.39. The van der Waals surface area contributed by atoms with Gasteiger partial charge in [0.15, 0.2) is 0 Å². The first-order valence-corrected chi connectivity index (χ1v) is 17.5. The van der Waals surface area contributed by atoms with Gasteiger partial charge in [0.05, 0.1) is 72.9 Å². The van der Waals surface area contributed by atoms with Gasteiger partial charge in [-0.1, -0.05) is 36.4 Å². The molecule has 0 aliphatic rings. The van der Waals surface area contributed by atoms with Crippen LogP contribution in [0.5, 0.6) is 0 Å². The Hall–Kier alpha value is -7.15. The minimum atomic E-state index is -5.31. The van der Waals surface area contributed by atoms with E-state index in [0.29, 0.717) is 59.2 Å². The lowest BCUT2D eigenvalue weighted by Gasteiger charge is -2.23. The van der Waals surface area contributed by atoms with Gasteiger partial charge in [-0.2, -0.15) is 76.4 Å². The Morgan fingerprint density at radius 1 is 0.403 bits per heavy atom. The van der Waals surface area contributed by atoms with Gasteiger partial charge in [0.25, 0.3) is 0 Å². The lowest BCUT2D eigenvalue weighted by atomic mass is 9.90. The van der Waals surface area contributed by atoms with Crippen LogP contribution in [0.25, 0.3) is 66.1 Å². The predicted molar refractivity (Wildman–Crippen MR) is 195 cm³/mol. The molecule has 0 saturated heterocycles. The van der Waals surface area contributed by atoms with Crippen molar-refractivity contribution in [1.29, 1.82) is 10.5 Å². The smallest absolute Gasteiger partial charge is 0.308 e. The summed E-state index contributed by atoms with van der Waals surface area (Å²) in [6.45, 7) is 0. The van der Waals surface area contributed by atoms with Gasteiger partial charge in [0, 0.05) is 32.7 Å². The highest BCUT2D eigenvalue weighted by molar-refractivity contribution is 6.12. The van der Waals surface area contributed by atoms with Crippen molar-refractivity contribution >= 4 is 43.6 Å². The quantitative estimate of drug-likeness (QED) is 0.166. The van der Waals surface area contributed by atoms with Crippen molar-refractivity contribution in [2.75, 3.05) is 0 Å². The molecule has 0 radical (unpaired) electrons. The van der Waals surface area contributed by atoms with Crippen LogP contribution in [0.3, 0.4) is 0 Å². The van der Waals surface area contributed by atoms with E-state index in [1.165, 1.54) is 0 Å². The summed E-state index contributed by atoms with van der Waals surface area (Å²) in [6.07, 6.45) is -25.7. The fourth-order valence-electron chi connectivity index (χ4n) is 7.73. The van der Waals surface area contributed by atoms with Crippen molar-refractivity contribution in [2.45, 2.75) is 30.9 Å². The van der Waals surface area contributed by atoms with Crippen molar-refractivity contribution in [2.24, 2.45) is 0 Å². The Labute approximate surface area is 336 Å². The average Bonchev–Trinajstić information content (AvgIpc) is 3.69. The van der Waals surface area contributed by atoms with Gasteiger partial charge < -0.3 is 9.13 Å². The summed E-state index contributed by atoms with van der Waals surface area (Å²) < 4.78 is 217. The summed E-state index contributed by atoms with van der Waals surface area (Å²) in [4.78, 5) is 0. The number of hydrogen-bond acceptors (Lipinski definition) is 2. The maximum atomic E-state index is 14.9. The molecule has 2 aromatic heterocycles. The highest BCUT2D eigenvalue weighted by atomic mass is 19.4. The minimum absolute atomic E-state index is 0.119. The van der Waals surface area contributed by atoms with E-state index < -0.39 is 114 Å². The van der Waals surface area contributed by atoms with Gasteiger partial charge in [-0.3, -0.25) is 0 Å². The molecule has 62 heavy (non-hydrogen) atoms. The maximum Gasteiger partial charge on any atom is 0.417 e. The van der Waals surface area contributed by atoms with Crippen LogP contribution in [-0.2, 0) is 30.9 Å². The molecule has 0 saturated carbocycles. The molecular weight excluding hydrogens is 857 g/mol. The second kappa shape index (κ2) is 13.7. The van der Waals surface area contributed by atoms with E-state index in [-0.39, 0.29) is 21.5 Å². The third kappa shape index (κ3) is 6.68. The molecular formula is C43H17F15N4. The van der Waals surface area contributed by atoms with E-state index in [4.69, 9.17) is 0 Å². The largest absolute Gasteiger partial charge is 0.417 e. The molecule has 0 aliphatic carbocycles. The standard InChI is InChI=1S/C43H17F15N4/c44-39(45,46)21-4-8-25-26-9-5-22(40(47,48)49)15-34(26)61(33(25)14-21)32-13-12-29(37-20(18-59)2-1-3-31(37)43(56,57)58)38(30(32)19-60)62-35-16-23(41(50,51)52)6-10-27(35)28-11-7-24(17-36(28)62)42(53,54)55/h1-17H. The molecule has 314 valence electrons. The number of alkyl halides is 15. The number of aromatic nitrogens is 2. The zero-order chi connectivity index (χ0) is 45.1. The summed E-state index contributed by atoms with van der Waals surface area (Å²) in [5.74, 6) is 0. The molecule has 8 rings (SSSR count). The molecule has 0 bridgehead atoms. The number of hydrogen-bond donors (Lipinski definition) is 0. The van der Waals surface area contributed by atoms with Gasteiger partial charge in [-0.05, 0) is 66.7 Å². The Morgan fingerprint density at radius 2 is 0.790 bits per heavy atom. The summed E-state index contributed by atoms with van der Waals surface area (Å²) in [5.41, 5.74) is -14.3. The Balaban J connectivity index is 1.66. The second-order valence-corrected chi connectivity index (χ2v) is 13.9. The number of nitrogens with zero attached hydrogens (tertiary/aromatic N) is 4. The zero-order valence-corrected chi connectivity index (χ0v) is 30.3. The molecule has 6 aromatic carbocycles. The molecule has 19 heteroatoms. The fourth-order valence-corrected chi connectivity index (χ4v) is 7.73. The van der Waals surface area contributed by atoms with E-state index in [9.17, 15) is 76.4 Å². The first-order valence-electron chi connectivity index (χ1n) is 17.5. The predicted octanol–water partition coefficient (Wildman–Crippen LogP) is 14.4. The number of benzene rings is 6. The van der Waals surface area contributed by atoms with Crippen LogP contribution >= 0.6 is 0 Å². The Bertz CT molecular complexity index is 3110. The maximum absolute atomic E-state index is 14.9. The van der Waals surface area contributed by atoms with Crippen molar-refractivity contribution < 1.29 is 65.9 Å². The Kier molecular flexibility index (Phi) is 9.18. The SMILES string of the molecule is N#Cc1cccc(C(F)(F)F)c1-c1ccc(-n2c3cc(C(F)(F)F)ccc3c3ccc(C(F)(F)F)cc32)c(C#N)c1-n1c2cc(C(F)(F)F)ccc2c2ccc(C(F)(F)F)cc21. The number of nitriles is 2. The van der Waals surface area contributed by atoms with Crippen LogP contribution in [0.15, 0.2) is 103 Å². The molecule has 0 unspecified atom stereocenters. The van der Waals surface area contributed by atoms with Crippen LogP contribution < -0.4 is 0 Å². The topological polar surface area (TPSA) is 57.4 Å². The normalized spacial score (nSPS) is 13.0. The third-order valence-electron chi connectivity index (χ3n) is 10.3. The van der Waals surface area contributed by atoms with Crippen LogP contribution in [0.2, 0.25) is 0 Å². The van der Waals surface area contributed by atoms with Crippen LogP contribution in [0.4, 0.5) is 65.9 Å². The monoisotopic (exact) mass is 874 g/mol. The molecule has 0 atom stereocenters. The molecule has 8 aromatic rings. The summed E-state index contributed by atoms with van der Waals surface area (Å²) in [5, 5.41) is 20.5. The third-order valence-corrected chi connectivity index (χ3v) is 10.3. The van der Waals surface area contributed by atoms with Gasteiger partial charge >= 0.3 is 30.9 Å². The average molecular weight is 875 g/mol. The molecule has 0 spiro atoms. The van der Waals surface area contributed by atoms with E-state index in [1.807, 2.05) is 0 Å². The summed E-state index contributed by atoms with van der Waals surface area (Å²) >= 11 is 0. The molecule has 2 heterocycles. The first kappa shape index (κ1) is 41.6. The molecule has 4 nitrogen and oxygen atoms in total. The molecule has 0 N–H and O–H groups in total. The summed E-state index contributed by atoms with van der Waals surface area (Å²) in [6, 6.07) is 15.1.